The Morgan fingerprint density at radius 3 is 2.45 bits per heavy atom. The third kappa shape index (κ3) is 3.71. The summed E-state index contributed by atoms with van der Waals surface area (Å²) in [6.07, 6.45) is -2.84. The number of fused-ring (bicyclic) bond motifs is 1. The van der Waals surface area contributed by atoms with Crippen LogP contribution < -0.4 is 11.1 Å². The second-order valence-corrected chi connectivity index (χ2v) is 6.78. The van der Waals surface area contributed by atoms with Crippen LogP contribution in [0.5, 0.6) is 0 Å². The predicted molar refractivity (Wildman–Crippen MR) is 105 cm³/mol. The first-order valence-corrected chi connectivity index (χ1v) is 8.75. The third-order valence-electron chi connectivity index (χ3n) is 4.35. The van der Waals surface area contributed by atoms with E-state index in [0.29, 0.717) is 11.3 Å². The molecular formula is C20H17F3N6. The zero-order chi connectivity index (χ0) is 20.8. The Labute approximate surface area is 164 Å². The number of aromatic nitrogens is 4. The average Bonchev–Trinajstić information content (AvgIpc) is 3.05. The SMILES string of the molecule is Cc1cc(C)cc(-c2cnc(N)c3nc(Nc4cccc(C(F)(F)F)c4)nn23)c1. The van der Waals surface area contributed by atoms with Gasteiger partial charge in [-0.15, -0.1) is 5.10 Å². The summed E-state index contributed by atoms with van der Waals surface area (Å²) in [5.74, 6) is 0.289. The number of halogens is 3. The Balaban J connectivity index is 1.78. The molecule has 0 amide bonds. The van der Waals surface area contributed by atoms with Crippen molar-refractivity contribution in [2.75, 3.05) is 11.1 Å². The normalized spacial score (nSPS) is 11.8. The van der Waals surface area contributed by atoms with Crippen molar-refractivity contribution < 1.29 is 13.2 Å². The molecule has 2 heterocycles. The number of alkyl halides is 3. The van der Waals surface area contributed by atoms with Gasteiger partial charge < -0.3 is 11.1 Å². The highest BCUT2D eigenvalue weighted by molar-refractivity contribution is 5.71. The fourth-order valence-corrected chi connectivity index (χ4v) is 3.16. The molecule has 0 aliphatic heterocycles. The molecule has 0 bridgehead atoms. The Morgan fingerprint density at radius 2 is 1.76 bits per heavy atom. The quantitative estimate of drug-likeness (QED) is 0.520. The van der Waals surface area contributed by atoms with Crippen LogP contribution in [0.4, 0.5) is 30.6 Å². The number of benzene rings is 2. The zero-order valence-electron chi connectivity index (χ0n) is 15.6. The second-order valence-electron chi connectivity index (χ2n) is 6.78. The lowest BCUT2D eigenvalue weighted by Crippen LogP contribution is -2.05. The van der Waals surface area contributed by atoms with Gasteiger partial charge in [-0.2, -0.15) is 18.2 Å². The van der Waals surface area contributed by atoms with Gasteiger partial charge in [0.1, 0.15) is 0 Å². The lowest BCUT2D eigenvalue weighted by atomic mass is 10.1. The number of hydrogen-bond acceptors (Lipinski definition) is 5. The molecule has 4 rings (SSSR count). The minimum Gasteiger partial charge on any atom is -0.381 e. The molecule has 0 atom stereocenters. The molecule has 29 heavy (non-hydrogen) atoms. The first kappa shape index (κ1) is 18.7. The van der Waals surface area contributed by atoms with Crippen LogP contribution in [0.2, 0.25) is 0 Å². The van der Waals surface area contributed by atoms with E-state index in [4.69, 9.17) is 5.73 Å². The van der Waals surface area contributed by atoms with Gasteiger partial charge in [-0.1, -0.05) is 23.3 Å². The number of aryl methyl sites for hydroxylation is 2. The van der Waals surface area contributed by atoms with Crippen LogP contribution in [0.25, 0.3) is 16.9 Å². The maximum absolute atomic E-state index is 12.9. The van der Waals surface area contributed by atoms with E-state index in [0.717, 1.165) is 28.8 Å². The maximum atomic E-state index is 12.9. The van der Waals surface area contributed by atoms with Crippen molar-refractivity contribution in [2.45, 2.75) is 20.0 Å². The average molecular weight is 398 g/mol. The number of anilines is 3. The molecule has 0 aliphatic rings. The summed E-state index contributed by atoms with van der Waals surface area (Å²) < 4.78 is 40.4. The molecule has 0 unspecified atom stereocenters. The molecule has 6 nitrogen and oxygen atoms in total. The van der Waals surface area contributed by atoms with Gasteiger partial charge in [0, 0.05) is 11.3 Å². The third-order valence-corrected chi connectivity index (χ3v) is 4.35. The largest absolute Gasteiger partial charge is 0.416 e. The smallest absolute Gasteiger partial charge is 0.381 e. The van der Waals surface area contributed by atoms with Gasteiger partial charge in [-0.05, 0) is 44.2 Å². The fraction of sp³-hybridized carbons (Fsp3) is 0.150. The fourth-order valence-electron chi connectivity index (χ4n) is 3.16. The summed E-state index contributed by atoms with van der Waals surface area (Å²) in [7, 11) is 0. The minimum atomic E-state index is -4.44. The predicted octanol–water partition coefficient (Wildman–Crippen LogP) is 4.75. The lowest BCUT2D eigenvalue weighted by Gasteiger charge is -2.08. The highest BCUT2D eigenvalue weighted by Gasteiger charge is 2.30. The summed E-state index contributed by atoms with van der Waals surface area (Å²) in [5, 5.41) is 7.20. The van der Waals surface area contributed by atoms with Gasteiger partial charge in [0.2, 0.25) is 11.6 Å². The molecule has 9 heteroatoms. The molecule has 4 aromatic rings. The summed E-state index contributed by atoms with van der Waals surface area (Å²) in [6, 6.07) is 10.8. The van der Waals surface area contributed by atoms with E-state index in [1.54, 1.807) is 6.20 Å². The highest BCUT2D eigenvalue weighted by Crippen LogP contribution is 2.31. The van der Waals surface area contributed by atoms with Gasteiger partial charge in [-0.3, -0.25) is 0 Å². The molecule has 0 saturated carbocycles. The van der Waals surface area contributed by atoms with Crippen molar-refractivity contribution in [3.8, 4) is 11.3 Å². The van der Waals surface area contributed by atoms with Gasteiger partial charge in [0.25, 0.3) is 0 Å². The first-order valence-electron chi connectivity index (χ1n) is 8.75. The highest BCUT2D eigenvalue weighted by atomic mass is 19.4. The molecular weight excluding hydrogens is 381 g/mol. The summed E-state index contributed by atoms with van der Waals surface area (Å²) in [4.78, 5) is 8.49. The molecule has 2 aromatic carbocycles. The molecule has 3 N–H and O–H groups in total. The Bertz CT molecular complexity index is 1190. The summed E-state index contributed by atoms with van der Waals surface area (Å²) >= 11 is 0. The van der Waals surface area contributed by atoms with Crippen LogP contribution in [-0.2, 0) is 6.18 Å². The lowest BCUT2D eigenvalue weighted by molar-refractivity contribution is -0.137. The van der Waals surface area contributed by atoms with E-state index < -0.39 is 11.7 Å². The van der Waals surface area contributed by atoms with Crippen molar-refractivity contribution in [1.82, 2.24) is 19.6 Å². The minimum absolute atomic E-state index is 0.120. The van der Waals surface area contributed by atoms with E-state index in [9.17, 15) is 13.2 Å². The van der Waals surface area contributed by atoms with Gasteiger partial charge in [0.15, 0.2) is 5.82 Å². The Hall–Kier alpha value is -3.62. The number of nitrogen functional groups attached to an aromatic ring is 1. The second kappa shape index (κ2) is 6.77. The van der Waals surface area contributed by atoms with Crippen LogP contribution >= 0.6 is 0 Å². The zero-order valence-corrected chi connectivity index (χ0v) is 15.6. The van der Waals surface area contributed by atoms with Crippen molar-refractivity contribution in [3.63, 3.8) is 0 Å². The first-order chi connectivity index (χ1) is 13.7. The van der Waals surface area contributed by atoms with Crippen LogP contribution in [0.15, 0.2) is 48.7 Å². The molecule has 0 aliphatic carbocycles. The molecule has 0 saturated heterocycles. The molecule has 148 valence electrons. The Morgan fingerprint density at radius 1 is 1.03 bits per heavy atom. The molecule has 2 aromatic heterocycles. The van der Waals surface area contributed by atoms with Gasteiger partial charge >= 0.3 is 6.18 Å². The number of nitrogens with one attached hydrogen (secondary N) is 1. The van der Waals surface area contributed by atoms with Crippen LogP contribution in [0.1, 0.15) is 16.7 Å². The molecule has 0 radical (unpaired) electrons. The number of rotatable bonds is 3. The van der Waals surface area contributed by atoms with Gasteiger partial charge in [-0.25, -0.2) is 9.50 Å². The maximum Gasteiger partial charge on any atom is 0.416 e. The van der Waals surface area contributed by atoms with Crippen LogP contribution in [0, 0.1) is 13.8 Å². The molecule has 0 fully saturated rings. The van der Waals surface area contributed by atoms with Crippen LogP contribution in [-0.4, -0.2) is 19.6 Å². The van der Waals surface area contributed by atoms with Gasteiger partial charge in [0.05, 0.1) is 17.5 Å². The van der Waals surface area contributed by atoms with E-state index in [-0.39, 0.29) is 17.5 Å². The van der Waals surface area contributed by atoms with E-state index in [1.807, 2.05) is 32.0 Å². The van der Waals surface area contributed by atoms with E-state index >= 15 is 0 Å². The van der Waals surface area contributed by atoms with Crippen molar-refractivity contribution in [1.29, 1.82) is 0 Å². The van der Waals surface area contributed by atoms with E-state index in [1.165, 1.54) is 16.6 Å². The number of hydrogen-bond donors (Lipinski definition) is 2. The van der Waals surface area contributed by atoms with E-state index in [2.05, 4.69) is 20.4 Å². The summed E-state index contributed by atoms with van der Waals surface area (Å²) in [6.45, 7) is 3.97. The van der Waals surface area contributed by atoms with Crippen LogP contribution in [0.3, 0.4) is 0 Å². The summed E-state index contributed by atoms with van der Waals surface area (Å²) in [5.41, 5.74) is 9.42. The topological polar surface area (TPSA) is 81.1 Å². The number of nitrogens with two attached hydrogens (primary N) is 1. The van der Waals surface area contributed by atoms with Crippen molar-refractivity contribution in [2.24, 2.45) is 0 Å². The van der Waals surface area contributed by atoms with Crippen molar-refractivity contribution in [3.05, 3.63) is 65.4 Å². The molecule has 0 spiro atoms. The standard InChI is InChI=1S/C20H17F3N6/c1-11-6-12(2)8-13(7-11)16-10-25-17(24)18-27-19(28-29(16)18)26-15-5-3-4-14(9-15)20(21,22)23/h3-10H,1-2H3,(H2,24,25)(H,26,28). The monoisotopic (exact) mass is 398 g/mol. The van der Waals surface area contributed by atoms with Crippen molar-refractivity contribution >= 4 is 23.1 Å². The number of nitrogens with zero attached hydrogens (tertiary/aromatic N) is 4. The Kier molecular flexibility index (Phi) is 4.37.